The van der Waals surface area contributed by atoms with Gasteiger partial charge in [-0.15, -0.1) is 0 Å². The second kappa shape index (κ2) is 6.89. The molecule has 0 unspecified atom stereocenters. The number of benzene rings is 2. The number of nitrogens with one attached hydrogen (secondary N) is 2. The Morgan fingerprint density at radius 2 is 1.84 bits per heavy atom. The maximum absolute atomic E-state index is 12.2. The highest BCUT2D eigenvalue weighted by Gasteiger charge is 2.16. The molecule has 7 heteroatoms. The monoisotopic (exact) mass is 352 g/mol. The summed E-state index contributed by atoms with van der Waals surface area (Å²) in [5.74, 6) is 0. The molecule has 2 aromatic carbocycles. The molecule has 2 N–H and O–H groups in total. The molecule has 6 nitrogen and oxygen atoms in total. The van der Waals surface area contributed by atoms with Gasteiger partial charge >= 0.3 is 0 Å². The Bertz CT molecular complexity index is 1070. The Morgan fingerprint density at radius 3 is 2.60 bits per heavy atom. The van der Waals surface area contributed by atoms with Crippen LogP contribution in [-0.2, 0) is 16.6 Å². The van der Waals surface area contributed by atoms with Gasteiger partial charge in [-0.2, -0.15) is 5.26 Å². The highest BCUT2D eigenvalue weighted by Crippen LogP contribution is 2.24. The van der Waals surface area contributed by atoms with Crippen LogP contribution in [-0.4, -0.2) is 20.4 Å². The van der Waals surface area contributed by atoms with Crippen LogP contribution in [0.15, 0.2) is 59.5 Å². The Morgan fingerprint density at radius 1 is 1.12 bits per heavy atom. The Hall–Kier alpha value is -2.95. The van der Waals surface area contributed by atoms with E-state index in [0.717, 1.165) is 11.1 Å². The predicted molar refractivity (Wildman–Crippen MR) is 96.5 cm³/mol. The Kier molecular flexibility index (Phi) is 4.65. The zero-order valence-electron chi connectivity index (χ0n) is 13.5. The number of nitriles is 1. The summed E-state index contributed by atoms with van der Waals surface area (Å²) >= 11 is 0. The largest absolute Gasteiger partial charge is 0.380 e. The summed E-state index contributed by atoms with van der Waals surface area (Å²) < 4.78 is 26.6. The number of pyridine rings is 1. The molecule has 1 aromatic heterocycles. The molecular weight excluding hydrogens is 336 g/mol. The van der Waals surface area contributed by atoms with Crippen molar-refractivity contribution in [3.05, 3.63) is 65.9 Å². The molecule has 0 aliphatic heterocycles. The number of sulfonamides is 1. The topological polar surface area (TPSA) is 94.9 Å². The van der Waals surface area contributed by atoms with Crippen LogP contribution in [0.25, 0.3) is 10.9 Å². The highest BCUT2D eigenvalue weighted by molar-refractivity contribution is 7.89. The molecule has 1 heterocycles. The summed E-state index contributed by atoms with van der Waals surface area (Å²) in [5, 5.41) is 13.3. The van der Waals surface area contributed by atoms with Gasteiger partial charge in [-0.3, -0.25) is 0 Å². The van der Waals surface area contributed by atoms with Crippen molar-refractivity contribution in [1.29, 1.82) is 5.26 Å². The molecule has 0 saturated heterocycles. The molecular formula is C18H16N4O2S. The lowest BCUT2D eigenvalue weighted by Crippen LogP contribution is -2.20. The minimum atomic E-state index is -3.54. The third-order valence-corrected chi connectivity index (χ3v) is 5.35. The van der Waals surface area contributed by atoms with Crippen molar-refractivity contribution in [3.63, 3.8) is 0 Å². The smallest absolute Gasteiger partial charge is 0.240 e. The van der Waals surface area contributed by atoms with Crippen molar-refractivity contribution in [2.45, 2.75) is 11.4 Å². The van der Waals surface area contributed by atoms with Crippen LogP contribution in [0.3, 0.4) is 0 Å². The number of nitrogens with zero attached hydrogens (tertiary/aromatic N) is 2. The Balaban J connectivity index is 1.99. The second-order valence-electron chi connectivity index (χ2n) is 5.35. The predicted octanol–water partition coefficient (Wildman–Crippen LogP) is 2.63. The molecule has 3 rings (SSSR count). The van der Waals surface area contributed by atoms with Crippen molar-refractivity contribution >= 4 is 26.6 Å². The minimum Gasteiger partial charge on any atom is -0.380 e. The number of anilines is 1. The van der Waals surface area contributed by atoms with Gasteiger partial charge in [-0.1, -0.05) is 36.4 Å². The second-order valence-corrected chi connectivity index (χ2v) is 7.21. The van der Waals surface area contributed by atoms with E-state index in [0.29, 0.717) is 23.3 Å². The fourth-order valence-corrected chi connectivity index (χ4v) is 3.55. The summed E-state index contributed by atoms with van der Waals surface area (Å²) in [6, 6.07) is 18.0. The van der Waals surface area contributed by atoms with Crippen LogP contribution in [0.4, 0.5) is 5.69 Å². The van der Waals surface area contributed by atoms with E-state index in [9.17, 15) is 8.42 Å². The zero-order valence-corrected chi connectivity index (χ0v) is 14.3. The summed E-state index contributed by atoms with van der Waals surface area (Å²) in [5.41, 5.74) is 2.38. The van der Waals surface area contributed by atoms with Crippen molar-refractivity contribution < 1.29 is 8.42 Å². The van der Waals surface area contributed by atoms with Gasteiger partial charge in [-0.25, -0.2) is 18.1 Å². The first-order chi connectivity index (χ1) is 12.0. The number of aromatic nitrogens is 1. The van der Waals surface area contributed by atoms with E-state index in [4.69, 9.17) is 5.26 Å². The lowest BCUT2D eigenvalue weighted by molar-refractivity contribution is 0.587. The van der Waals surface area contributed by atoms with E-state index in [1.165, 1.54) is 7.05 Å². The lowest BCUT2D eigenvalue weighted by atomic mass is 10.1. The maximum atomic E-state index is 12.2. The molecule has 3 aromatic rings. The van der Waals surface area contributed by atoms with Gasteiger partial charge in [0.25, 0.3) is 0 Å². The normalized spacial score (nSPS) is 11.2. The maximum Gasteiger partial charge on any atom is 0.240 e. The number of hydrogen-bond donors (Lipinski definition) is 2. The third kappa shape index (κ3) is 3.45. The molecule has 25 heavy (non-hydrogen) atoms. The van der Waals surface area contributed by atoms with Gasteiger partial charge in [0.05, 0.1) is 10.4 Å². The van der Waals surface area contributed by atoms with E-state index in [1.54, 1.807) is 30.3 Å². The van der Waals surface area contributed by atoms with Gasteiger partial charge < -0.3 is 5.32 Å². The van der Waals surface area contributed by atoms with Crippen molar-refractivity contribution in [2.24, 2.45) is 0 Å². The first-order valence-corrected chi connectivity index (χ1v) is 9.08. The van der Waals surface area contributed by atoms with E-state index >= 15 is 0 Å². The van der Waals surface area contributed by atoms with E-state index in [1.807, 2.05) is 30.3 Å². The number of para-hydroxylation sites is 1. The molecule has 0 amide bonds. The average Bonchev–Trinajstić information content (AvgIpc) is 2.66. The Labute approximate surface area is 146 Å². The number of fused-ring (bicyclic) bond motifs is 1. The van der Waals surface area contributed by atoms with Crippen LogP contribution in [0.1, 0.15) is 11.3 Å². The van der Waals surface area contributed by atoms with Gasteiger partial charge in [0.2, 0.25) is 10.0 Å². The van der Waals surface area contributed by atoms with E-state index in [2.05, 4.69) is 15.0 Å². The molecule has 0 radical (unpaired) electrons. The van der Waals surface area contributed by atoms with Crippen molar-refractivity contribution in [3.8, 4) is 6.07 Å². The molecule has 0 saturated carbocycles. The summed E-state index contributed by atoms with van der Waals surface area (Å²) in [6.07, 6.45) is 0. The van der Waals surface area contributed by atoms with Crippen LogP contribution >= 0.6 is 0 Å². The third-order valence-electron chi connectivity index (χ3n) is 3.83. The summed E-state index contributed by atoms with van der Waals surface area (Å²) in [7, 11) is -2.16. The van der Waals surface area contributed by atoms with E-state index in [-0.39, 0.29) is 4.90 Å². The van der Waals surface area contributed by atoms with Crippen molar-refractivity contribution in [1.82, 2.24) is 9.71 Å². The first kappa shape index (κ1) is 16.9. The standard InChI is InChI=1S/C18H16N4O2S/c1-20-25(23,24)18-9-5-2-6-13(18)12-21-17-10-14(11-19)22-16-8-4-3-7-15(16)17/h2-10,20H,12H2,1H3,(H,21,22). The fourth-order valence-electron chi connectivity index (χ4n) is 2.59. The molecule has 0 atom stereocenters. The minimum absolute atomic E-state index is 0.226. The first-order valence-electron chi connectivity index (χ1n) is 7.60. The molecule has 0 aliphatic carbocycles. The van der Waals surface area contributed by atoms with Gasteiger partial charge in [-0.05, 0) is 30.8 Å². The quantitative estimate of drug-likeness (QED) is 0.736. The van der Waals surface area contributed by atoms with Crippen LogP contribution in [0.5, 0.6) is 0 Å². The number of hydrogen-bond acceptors (Lipinski definition) is 5. The van der Waals surface area contributed by atoms with Crippen LogP contribution < -0.4 is 10.0 Å². The van der Waals surface area contributed by atoms with Crippen molar-refractivity contribution in [2.75, 3.05) is 12.4 Å². The molecule has 0 bridgehead atoms. The fraction of sp³-hybridized carbons (Fsp3) is 0.111. The number of rotatable bonds is 5. The summed E-state index contributed by atoms with van der Waals surface area (Å²) in [4.78, 5) is 4.50. The lowest BCUT2D eigenvalue weighted by Gasteiger charge is -2.13. The molecule has 126 valence electrons. The van der Waals surface area contributed by atoms with Gasteiger partial charge in [0, 0.05) is 17.6 Å². The van der Waals surface area contributed by atoms with E-state index < -0.39 is 10.0 Å². The molecule has 0 spiro atoms. The molecule has 0 aliphatic rings. The highest BCUT2D eigenvalue weighted by atomic mass is 32.2. The summed E-state index contributed by atoms with van der Waals surface area (Å²) in [6.45, 7) is 0.302. The average molecular weight is 352 g/mol. The van der Waals surface area contributed by atoms with Crippen LogP contribution in [0, 0.1) is 11.3 Å². The van der Waals surface area contributed by atoms with Gasteiger partial charge in [0.15, 0.2) is 0 Å². The molecule has 0 fully saturated rings. The van der Waals surface area contributed by atoms with Gasteiger partial charge in [0.1, 0.15) is 11.8 Å². The van der Waals surface area contributed by atoms with Crippen LogP contribution in [0.2, 0.25) is 0 Å². The SMILES string of the molecule is CNS(=O)(=O)c1ccccc1CNc1cc(C#N)nc2ccccc12. The zero-order chi connectivity index (χ0) is 17.9.